The van der Waals surface area contributed by atoms with Gasteiger partial charge in [-0.05, 0) is 6.42 Å². The summed E-state index contributed by atoms with van der Waals surface area (Å²) in [5.74, 6) is 0. The summed E-state index contributed by atoms with van der Waals surface area (Å²) in [6.07, 6.45) is 1.16. The summed E-state index contributed by atoms with van der Waals surface area (Å²) in [6.45, 7) is 1.85. The van der Waals surface area contributed by atoms with Crippen LogP contribution in [0.25, 0.3) is 0 Å². The maximum Gasteiger partial charge on any atom is 0.346 e. The summed E-state index contributed by atoms with van der Waals surface area (Å²) >= 11 is 0. The second-order valence-electron chi connectivity index (χ2n) is 1.44. The first-order valence-corrected chi connectivity index (χ1v) is 2.91. The quantitative estimate of drug-likeness (QED) is 0.504. The highest BCUT2D eigenvalue weighted by Gasteiger charge is 2.13. The Balaban J connectivity index is 2.03. The van der Waals surface area contributed by atoms with E-state index in [1.807, 2.05) is 0 Å². The van der Waals surface area contributed by atoms with Gasteiger partial charge in [0.15, 0.2) is 0 Å². The molecule has 0 spiro atoms. The zero-order valence-electron chi connectivity index (χ0n) is 3.83. The van der Waals surface area contributed by atoms with Crippen LogP contribution in [0.1, 0.15) is 6.42 Å². The summed E-state index contributed by atoms with van der Waals surface area (Å²) in [6, 6.07) is 0. The van der Waals surface area contributed by atoms with Gasteiger partial charge in [0.25, 0.3) is 0 Å². The maximum atomic E-state index is 9.64. The Labute approximate surface area is 43.5 Å². The fourth-order valence-electron chi connectivity index (χ4n) is 0.416. The van der Waals surface area contributed by atoms with Gasteiger partial charge in [-0.3, -0.25) is 0 Å². The van der Waals surface area contributed by atoms with Gasteiger partial charge in [-0.1, -0.05) is 0 Å². The maximum absolute atomic E-state index is 9.64. The van der Waals surface area contributed by atoms with Crippen molar-refractivity contribution in [3.05, 3.63) is 0 Å². The van der Waals surface area contributed by atoms with Crippen molar-refractivity contribution >= 4 is 8.69 Å². The van der Waals surface area contributed by atoms with Crippen molar-refractivity contribution in [2.45, 2.75) is 6.42 Å². The predicted octanol–water partition coefficient (Wildman–Crippen LogP) is 0.830. The van der Waals surface area contributed by atoms with Crippen LogP contribution in [0, 0.1) is 0 Å². The Hall–Kier alpha value is 0.0200. The van der Waals surface area contributed by atoms with Crippen molar-refractivity contribution in [2.24, 2.45) is 0 Å². The topological polar surface area (TPSA) is 29.5 Å². The van der Waals surface area contributed by atoms with E-state index in [2.05, 4.69) is 4.62 Å². The summed E-state index contributed by atoms with van der Waals surface area (Å²) in [5, 5.41) is 1.66. The van der Waals surface area contributed by atoms with E-state index < -0.39 is 0 Å². The number of nitrogens with zero attached hydrogens (tertiary/aromatic N) is 1. The van der Waals surface area contributed by atoms with Crippen LogP contribution in [0.5, 0.6) is 0 Å². The summed E-state index contributed by atoms with van der Waals surface area (Å²) in [7, 11) is -0.233. The summed E-state index contributed by atoms with van der Waals surface area (Å²) < 4.78 is 14.2. The van der Waals surface area contributed by atoms with Crippen LogP contribution in [0.4, 0.5) is 0 Å². The van der Waals surface area contributed by atoms with Crippen molar-refractivity contribution < 1.29 is 9.19 Å². The molecule has 0 aromatic heterocycles. The molecule has 0 atom stereocenters. The van der Waals surface area contributed by atoms with Gasteiger partial charge >= 0.3 is 8.69 Å². The monoisotopic (exact) mass is 119 g/mol. The fraction of sp³-hybridized carbons (Fsp3) is 1.00. The van der Waals surface area contributed by atoms with Gasteiger partial charge in [0.2, 0.25) is 0 Å². The molecule has 0 aromatic carbocycles. The zero-order valence-corrected chi connectivity index (χ0v) is 4.73. The summed E-state index contributed by atoms with van der Waals surface area (Å²) in [5.41, 5.74) is 0. The van der Waals surface area contributed by atoms with Crippen molar-refractivity contribution in [2.75, 3.05) is 13.1 Å². The van der Waals surface area contributed by atoms with Gasteiger partial charge in [-0.2, -0.15) is 5.06 Å². The Morgan fingerprint density at radius 1 is 1.57 bits per heavy atom. The molecule has 7 heavy (non-hydrogen) atoms. The molecule has 0 amide bonds. The number of hydrogen-bond acceptors (Lipinski definition) is 3. The Morgan fingerprint density at radius 3 is 2.43 bits per heavy atom. The average molecular weight is 119 g/mol. The number of hydrogen-bond donors (Lipinski definition) is 0. The van der Waals surface area contributed by atoms with Crippen molar-refractivity contribution in [3.8, 4) is 0 Å². The molecule has 1 fully saturated rings. The van der Waals surface area contributed by atoms with E-state index in [1.54, 1.807) is 5.06 Å². The molecule has 1 aliphatic rings. The van der Waals surface area contributed by atoms with Gasteiger partial charge in [0, 0.05) is 13.1 Å². The third-order valence-corrected chi connectivity index (χ3v) is 1.26. The predicted molar refractivity (Wildman–Crippen MR) is 24.9 cm³/mol. The van der Waals surface area contributed by atoms with E-state index in [4.69, 9.17) is 0 Å². The third kappa shape index (κ3) is 1.20. The van der Waals surface area contributed by atoms with E-state index in [1.165, 1.54) is 0 Å². The van der Waals surface area contributed by atoms with Gasteiger partial charge in [0.05, 0.1) is 0 Å². The lowest BCUT2D eigenvalue weighted by Gasteiger charge is -2.25. The number of hydroxylamine groups is 2. The zero-order chi connectivity index (χ0) is 5.11. The molecule has 0 aliphatic carbocycles. The smallest absolute Gasteiger partial charge is 0.239 e. The van der Waals surface area contributed by atoms with Crippen LogP contribution >= 0.6 is 8.69 Å². The molecule has 0 N–H and O–H groups in total. The lowest BCUT2D eigenvalue weighted by atomic mass is 10.3. The van der Waals surface area contributed by atoms with E-state index in [0.29, 0.717) is 0 Å². The van der Waals surface area contributed by atoms with E-state index >= 15 is 0 Å². The van der Waals surface area contributed by atoms with Crippen LogP contribution in [-0.4, -0.2) is 18.2 Å². The average Bonchev–Trinajstić information content (AvgIpc) is 1.55. The van der Waals surface area contributed by atoms with Gasteiger partial charge in [0.1, 0.15) is 0 Å². The minimum Gasteiger partial charge on any atom is -0.239 e. The Morgan fingerprint density at radius 2 is 2.29 bits per heavy atom. The van der Waals surface area contributed by atoms with Gasteiger partial charge in [-0.15, -0.1) is 0 Å². The first-order chi connectivity index (χ1) is 3.43. The lowest BCUT2D eigenvalue weighted by molar-refractivity contribution is -0.0962. The van der Waals surface area contributed by atoms with Crippen molar-refractivity contribution in [3.63, 3.8) is 0 Å². The fourth-order valence-corrected chi connectivity index (χ4v) is 0.674. The second kappa shape index (κ2) is 2.36. The van der Waals surface area contributed by atoms with Crippen LogP contribution in [0.3, 0.4) is 0 Å². The van der Waals surface area contributed by atoms with Crippen molar-refractivity contribution in [1.29, 1.82) is 0 Å². The molecule has 1 aliphatic heterocycles. The highest BCUT2D eigenvalue weighted by Crippen LogP contribution is 2.10. The van der Waals surface area contributed by atoms with Gasteiger partial charge in [-0.25, -0.2) is 9.19 Å². The minimum atomic E-state index is -0.233. The Bertz CT molecular complexity index is 73.3. The molecule has 0 radical (unpaired) electrons. The molecule has 1 rings (SSSR count). The molecular weight excluding hydrogens is 113 g/mol. The molecular formula is C3H6NO2P. The molecule has 1 saturated heterocycles. The van der Waals surface area contributed by atoms with Crippen LogP contribution < -0.4 is 0 Å². The molecule has 0 saturated carbocycles. The highest BCUT2D eigenvalue weighted by molar-refractivity contribution is 7.17. The molecule has 3 nitrogen and oxygen atoms in total. The lowest BCUT2D eigenvalue weighted by Crippen LogP contribution is -2.34. The van der Waals surface area contributed by atoms with Gasteiger partial charge < -0.3 is 0 Å². The molecule has 1 heterocycles. The molecule has 0 aromatic rings. The molecule has 4 heteroatoms. The minimum absolute atomic E-state index is 0.233. The largest absolute Gasteiger partial charge is 0.346 e. The first-order valence-electron chi connectivity index (χ1n) is 2.18. The standard InChI is InChI=1S/C3H6NO2P/c5-7-6-4-2-1-3-4/h1-3H2. The summed E-state index contributed by atoms with van der Waals surface area (Å²) in [4.78, 5) is 0. The molecule has 0 bridgehead atoms. The van der Waals surface area contributed by atoms with E-state index in [0.717, 1.165) is 19.5 Å². The molecule has 40 valence electrons. The van der Waals surface area contributed by atoms with Crippen molar-refractivity contribution in [1.82, 2.24) is 5.06 Å². The van der Waals surface area contributed by atoms with E-state index in [9.17, 15) is 4.57 Å². The third-order valence-electron chi connectivity index (χ3n) is 0.964. The second-order valence-corrected chi connectivity index (χ2v) is 1.75. The SMILES string of the molecule is O=PON1CCC1. The highest BCUT2D eigenvalue weighted by atomic mass is 31.1. The first kappa shape index (κ1) is 5.16. The van der Waals surface area contributed by atoms with E-state index in [-0.39, 0.29) is 8.69 Å². The number of rotatable bonds is 2. The normalized spacial score (nSPS) is 22.3. The van der Waals surface area contributed by atoms with Crippen LogP contribution in [0.2, 0.25) is 0 Å². The van der Waals surface area contributed by atoms with Crippen LogP contribution in [-0.2, 0) is 9.19 Å². The Kier molecular flexibility index (Phi) is 1.74. The van der Waals surface area contributed by atoms with Crippen LogP contribution in [0.15, 0.2) is 0 Å². The molecule has 0 unspecified atom stereocenters.